The monoisotopic (exact) mass is 251 g/mol. The van der Waals surface area contributed by atoms with Crippen LogP contribution in [0.1, 0.15) is 20.8 Å². The molecular formula is C15H25NO2. The predicted octanol–water partition coefficient (Wildman–Crippen LogP) is 2.96. The minimum atomic E-state index is 0.480. The van der Waals surface area contributed by atoms with Gasteiger partial charge in [0, 0.05) is 12.5 Å². The molecular weight excluding hydrogens is 226 g/mol. The Labute approximate surface area is 110 Å². The van der Waals surface area contributed by atoms with E-state index < -0.39 is 0 Å². The first-order chi connectivity index (χ1) is 8.63. The van der Waals surface area contributed by atoms with E-state index >= 15 is 0 Å². The van der Waals surface area contributed by atoms with Gasteiger partial charge in [-0.3, -0.25) is 0 Å². The summed E-state index contributed by atoms with van der Waals surface area (Å²) in [4.78, 5) is 0. The highest BCUT2D eigenvalue weighted by Crippen LogP contribution is 2.26. The van der Waals surface area contributed by atoms with Crippen molar-refractivity contribution in [3.63, 3.8) is 0 Å². The van der Waals surface area contributed by atoms with Crippen LogP contribution in [0.25, 0.3) is 0 Å². The van der Waals surface area contributed by atoms with Gasteiger partial charge in [0.15, 0.2) is 11.5 Å². The summed E-state index contributed by atoms with van der Waals surface area (Å²) >= 11 is 0. The molecule has 1 atom stereocenters. The lowest BCUT2D eigenvalue weighted by Crippen LogP contribution is -2.28. The Morgan fingerprint density at radius 3 is 2.33 bits per heavy atom. The summed E-state index contributed by atoms with van der Waals surface area (Å²) in [5.41, 5.74) is 0. The van der Waals surface area contributed by atoms with Gasteiger partial charge in [0.2, 0.25) is 0 Å². The third kappa shape index (κ3) is 5.41. The minimum absolute atomic E-state index is 0.480. The minimum Gasteiger partial charge on any atom is -0.493 e. The Morgan fingerprint density at radius 2 is 1.72 bits per heavy atom. The maximum atomic E-state index is 5.78. The first-order valence-electron chi connectivity index (χ1n) is 6.60. The van der Waals surface area contributed by atoms with Crippen LogP contribution in [0.5, 0.6) is 11.5 Å². The molecule has 0 saturated carbocycles. The van der Waals surface area contributed by atoms with Gasteiger partial charge >= 0.3 is 0 Å². The van der Waals surface area contributed by atoms with E-state index in [9.17, 15) is 0 Å². The van der Waals surface area contributed by atoms with Crippen LogP contribution in [-0.4, -0.2) is 26.8 Å². The van der Waals surface area contributed by atoms with Gasteiger partial charge < -0.3 is 14.8 Å². The number of para-hydroxylation sites is 2. The molecule has 0 aliphatic rings. The van der Waals surface area contributed by atoms with Crippen LogP contribution in [0.4, 0.5) is 0 Å². The molecule has 102 valence electrons. The van der Waals surface area contributed by atoms with Crippen molar-refractivity contribution >= 4 is 0 Å². The molecule has 0 heterocycles. The molecule has 1 N–H and O–H groups in total. The molecule has 1 aromatic carbocycles. The lowest BCUT2D eigenvalue weighted by Gasteiger charge is -2.16. The zero-order chi connectivity index (χ0) is 13.4. The molecule has 0 amide bonds. The van der Waals surface area contributed by atoms with Gasteiger partial charge in [-0.1, -0.05) is 32.9 Å². The van der Waals surface area contributed by atoms with E-state index in [-0.39, 0.29) is 0 Å². The number of hydrogen-bond acceptors (Lipinski definition) is 3. The van der Waals surface area contributed by atoms with E-state index in [4.69, 9.17) is 9.47 Å². The van der Waals surface area contributed by atoms with Gasteiger partial charge in [-0.25, -0.2) is 0 Å². The lowest BCUT2D eigenvalue weighted by atomic mass is 10.2. The zero-order valence-electron chi connectivity index (χ0n) is 11.9. The number of nitrogens with one attached hydrogen (secondary N) is 1. The Balaban J connectivity index is 2.31. The highest BCUT2D eigenvalue weighted by Gasteiger charge is 2.06. The van der Waals surface area contributed by atoms with E-state index in [1.165, 1.54) is 0 Å². The summed E-state index contributed by atoms with van der Waals surface area (Å²) in [6, 6.07) is 7.75. The van der Waals surface area contributed by atoms with Crippen molar-refractivity contribution in [2.75, 3.05) is 26.8 Å². The van der Waals surface area contributed by atoms with Crippen LogP contribution in [-0.2, 0) is 0 Å². The largest absolute Gasteiger partial charge is 0.493 e. The highest BCUT2D eigenvalue weighted by molar-refractivity contribution is 5.39. The first-order valence-corrected chi connectivity index (χ1v) is 6.60. The van der Waals surface area contributed by atoms with Crippen molar-refractivity contribution in [3.8, 4) is 11.5 Å². The Morgan fingerprint density at radius 1 is 1.06 bits per heavy atom. The zero-order valence-corrected chi connectivity index (χ0v) is 11.9. The van der Waals surface area contributed by atoms with E-state index in [0.29, 0.717) is 18.4 Å². The second kappa shape index (κ2) is 7.98. The lowest BCUT2D eigenvalue weighted by molar-refractivity contribution is 0.243. The topological polar surface area (TPSA) is 30.5 Å². The van der Waals surface area contributed by atoms with Crippen LogP contribution in [0.2, 0.25) is 0 Å². The molecule has 0 aliphatic carbocycles. The summed E-state index contributed by atoms with van der Waals surface area (Å²) < 4.78 is 11.0. The number of hydrogen-bond donors (Lipinski definition) is 1. The highest BCUT2D eigenvalue weighted by atomic mass is 16.5. The molecule has 0 saturated heterocycles. The third-order valence-electron chi connectivity index (χ3n) is 2.64. The molecule has 1 rings (SSSR count). The van der Waals surface area contributed by atoms with Crippen LogP contribution in [0.15, 0.2) is 24.3 Å². The fraction of sp³-hybridized carbons (Fsp3) is 0.600. The quantitative estimate of drug-likeness (QED) is 0.770. The van der Waals surface area contributed by atoms with Crippen molar-refractivity contribution in [2.45, 2.75) is 20.8 Å². The fourth-order valence-electron chi connectivity index (χ4n) is 1.65. The normalized spacial score (nSPS) is 12.5. The van der Waals surface area contributed by atoms with E-state index in [0.717, 1.165) is 24.6 Å². The summed E-state index contributed by atoms with van der Waals surface area (Å²) in [6.45, 7) is 9.34. The maximum Gasteiger partial charge on any atom is 0.161 e. The summed E-state index contributed by atoms with van der Waals surface area (Å²) in [5, 5.41) is 3.44. The van der Waals surface area contributed by atoms with Crippen molar-refractivity contribution in [2.24, 2.45) is 11.8 Å². The molecule has 0 spiro atoms. The van der Waals surface area contributed by atoms with Crippen molar-refractivity contribution in [3.05, 3.63) is 24.3 Å². The van der Waals surface area contributed by atoms with Gasteiger partial charge in [0.25, 0.3) is 0 Å². The Kier molecular flexibility index (Phi) is 6.58. The molecule has 0 bridgehead atoms. The molecule has 3 nitrogen and oxygen atoms in total. The number of methoxy groups -OCH3 is 1. The standard InChI is InChI=1S/C15H25NO2/c1-12(2)9-16-10-13(3)11-18-15-8-6-5-7-14(15)17-4/h5-8,12-13,16H,9-11H2,1-4H3. The molecule has 0 fully saturated rings. The molecule has 3 heteroatoms. The second-order valence-corrected chi connectivity index (χ2v) is 5.12. The Bertz CT molecular complexity index is 339. The number of rotatable bonds is 8. The van der Waals surface area contributed by atoms with Crippen molar-refractivity contribution in [1.29, 1.82) is 0 Å². The van der Waals surface area contributed by atoms with E-state index in [1.807, 2.05) is 24.3 Å². The van der Waals surface area contributed by atoms with Crippen LogP contribution in [0.3, 0.4) is 0 Å². The second-order valence-electron chi connectivity index (χ2n) is 5.12. The first kappa shape index (κ1) is 14.8. The molecule has 0 radical (unpaired) electrons. The molecule has 1 aromatic rings. The van der Waals surface area contributed by atoms with Gasteiger partial charge in [-0.15, -0.1) is 0 Å². The summed E-state index contributed by atoms with van der Waals surface area (Å²) in [6.07, 6.45) is 0. The van der Waals surface area contributed by atoms with E-state index in [1.54, 1.807) is 7.11 Å². The molecule has 18 heavy (non-hydrogen) atoms. The van der Waals surface area contributed by atoms with Crippen LogP contribution in [0, 0.1) is 11.8 Å². The summed E-state index contributed by atoms with van der Waals surface area (Å²) in [5.74, 6) is 2.77. The van der Waals surface area contributed by atoms with Gasteiger partial charge in [-0.05, 0) is 24.6 Å². The average molecular weight is 251 g/mol. The Hall–Kier alpha value is -1.22. The number of ether oxygens (including phenoxy) is 2. The molecule has 0 aliphatic heterocycles. The van der Waals surface area contributed by atoms with Gasteiger partial charge in [0.1, 0.15) is 0 Å². The maximum absolute atomic E-state index is 5.78. The van der Waals surface area contributed by atoms with Crippen molar-refractivity contribution < 1.29 is 9.47 Å². The van der Waals surface area contributed by atoms with Gasteiger partial charge in [-0.2, -0.15) is 0 Å². The fourth-order valence-corrected chi connectivity index (χ4v) is 1.65. The van der Waals surface area contributed by atoms with E-state index in [2.05, 4.69) is 26.1 Å². The smallest absolute Gasteiger partial charge is 0.161 e. The average Bonchev–Trinajstić information content (AvgIpc) is 2.36. The SMILES string of the molecule is COc1ccccc1OCC(C)CNCC(C)C. The van der Waals surface area contributed by atoms with Crippen LogP contribution < -0.4 is 14.8 Å². The summed E-state index contributed by atoms with van der Waals surface area (Å²) in [7, 11) is 1.66. The van der Waals surface area contributed by atoms with Crippen molar-refractivity contribution in [1.82, 2.24) is 5.32 Å². The van der Waals surface area contributed by atoms with Crippen LogP contribution >= 0.6 is 0 Å². The third-order valence-corrected chi connectivity index (χ3v) is 2.64. The molecule has 0 aromatic heterocycles. The number of benzene rings is 1. The predicted molar refractivity (Wildman–Crippen MR) is 75.4 cm³/mol. The van der Waals surface area contributed by atoms with Gasteiger partial charge in [0.05, 0.1) is 13.7 Å². The molecule has 1 unspecified atom stereocenters.